The van der Waals surface area contributed by atoms with Crippen LogP contribution in [0.2, 0.25) is 0 Å². The maximum atomic E-state index is 5.74. The van der Waals surface area contributed by atoms with E-state index < -0.39 is 0 Å². The lowest BCUT2D eigenvalue weighted by Gasteiger charge is -2.05. The third-order valence-electron chi connectivity index (χ3n) is 2.36. The zero-order chi connectivity index (χ0) is 11.4. The van der Waals surface area contributed by atoms with Crippen molar-refractivity contribution in [3.63, 3.8) is 0 Å². The monoisotopic (exact) mass is 217 g/mol. The molecular formula is C12H15N3O. The minimum Gasteiger partial charge on any atom is -0.494 e. The molecule has 0 atom stereocenters. The molecule has 84 valence electrons. The predicted molar refractivity (Wildman–Crippen MR) is 63.4 cm³/mol. The van der Waals surface area contributed by atoms with Crippen LogP contribution in [0.25, 0.3) is 0 Å². The van der Waals surface area contributed by atoms with Crippen LogP contribution in [0.15, 0.2) is 30.5 Å². The van der Waals surface area contributed by atoms with Gasteiger partial charge in [0.1, 0.15) is 11.6 Å². The van der Waals surface area contributed by atoms with E-state index in [0.29, 0.717) is 12.4 Å². The fourth-order valence-corrected chi connectivity index (χ4v) is 1.59. The first-order valence-electron chi connectivity index (χ1n) is 5.29. The maximum absolute atomic E-state index is 5.74. The number of anilines is 1. The molecule has 0 aliphatic rings. The third-order valence-corrected chi connectivity index (χ3v) is 2.36. The first-order chi connectivity index (χ1) is 7.79. The molecule has 0 fully saturated rings. The molecular weight excluding hydrogens is 202 g/mol. The van der Waals surface area contributed by atoms with Crippen LogP contribution in [0.5, 0.6) is 5.75 Å². The van der Waals surface area contributed by atoms with E-state index in [4.69, 9.17) is 10.5 Å². The Kier molecular flexibility index (Phi) is 3.10. The normalized spacial score (nSPS) is 10.3. The molecule has 2 rings (SSSR count). The molecule has 0 bridgehead atoms. The van der Waals surface area contributed by atoms with Crippen molar-refractivity contribution in [2.75, 3.05) is 12.3 Å². The Morgan fingerprint density at radius 2 is 2.31 bits per heavy atom. The van der Waals surface area contributed by atoms with Gasteiger partial charge in [-0.3, -0.25) is 5.10 Å². The van der Waals surface area contributed by atoms with Crippen LogP contribution in [0.1, 0.15) is 18.1 Å². The minimum atomic E-state index is 0.627. The van der Waals surface area contributed by atoms with E-state index in [1.165, 1.54) is 5.56 Å². The summed E-state index contributed by atoms with van der Waals surface area (Å²) >= 11 is 0. The van der Waals surface area contributed by atoms with Crippen molar-refractivity contribution in [3.8, 4) is 5.75 Å². The molecule has 4 heteroatoms. The van der Waals surface area contributed by atoms with Crippen LogP contribution in [0.4, 0.5) is 5.82 Å². The summed E-state index contributed by atoms with van der Waals surface area (Å²) < 4.78 is 5.44. The van der Waals surface area contributed by atoms with Gasteiger partial charge in [0.15, 0.2) is 0 Å². The summed E-state index contributed by atoms with van der Waals surface area (Å²) in [6.07, 6.45) is 2.52. The first-order valence-corrected chi connectivity index (χ1v) is 5.29. The summed E-state index contributed by atoms with van der Waals surface area (Å²) in [5, 5.41) is 6.62. The SMILES string of the molecule is CCOc1cccc(Cc2cn[nH]c2N)c1. The maximum Gasteiger partial charge on any atom is 0.122 e. The van der Waals surface area contributed by atoms with E-state index in [9.17, 15) is 0 Å². The number of aromatic amines is 1. The summed E-state index contributed by atoms with van der Waals surface area (Å²) in [4.78, 5) is 0. The molecule has 1 aromatic heterocycles. The van der Waals surface area contributed by atoms with Gasteiger partial charge < -0.3 is 10.5 Å². The number of nitrogen functional groups attached to an aromatic ring is 1. The molecule has 0 saturated heterocycles. The molecule has 0 radical (unpaired) electrons. The van der Waals surface area contributed by atoms with Crippen LogP contribution in [0.3, 0.4) is 0 Å². The summed E-state index contributed by atoms with van der Waals surface area (Å²) in [7, 11) is 0. The van der Waals surface area contributed by atoms with Gasteiger partial charge in [-0.05, 0) is 24.6 Å². The fraction of sp³-hybridized carbons (Fsp3) is 0.250. The van der Waals surface area contributed by atoms with E-state index in [1.54, 1.807) is 6.20 Å². The number of aromatic nitrogens is 2. The van der Waals surface area contributed by atoms with Crippen LogP contribution < -0.4 is 10.5 Å². The molecule has 0 saturated carbocycles. The summed E-state index contributed by atoms with van der Waals surface area (Å²) in [5.74, 6) is 1.52. The Balaban J connectivity index is 2.15. The Bertz CT molecular complexity index is 465. The highest BCUT2D eigenvalue weighted by atomic mass is 16.5. The lowest BCUT2D eigenvalue weighted by Crippen LogP contribution is -1.95. The van der Waals surface area contributed by atoms with Gasteiger partial charge in [-0.2, -0.15) is 5.10 Å². The quantitative estimate of drug-likeness (QED) is 0.823. The van der Waals surface area contributed by atoms with Gasteiger partial charge in [0.05, 0.1) is 12.8 Å². The summed E-state index contributed by atoms with van der Waals surface area (Å²) in [6.45, 7) is 2.65. The van der Waals surface area contributed by atoms with Gasteiger partial charge in [-0.25, -0.2) is 0 Å². The lowest BCUT2D eigenvalue weighted by molar-refractivity contribution is 0.340. The topological polar surface area (TPSA) is 63.9 Å². The molecule has 0 amide bonds. The highest BCUT2D eigenvalue weighted by Crippen LogP contribution is 2.18. The van der Waals surface area contributed by atoms with E-state index >= 15 is 0 Å². The number of H-pyrrole nitrogens is 1. The number of ether oxygens (including phenoxy) is 1. The zero-order valence-electron chi connectivity index (χ0n) is 9.23. The largest absolute Gasteiger partial charge is 0.494 e. The molecule has 2 aromatic rings. The van der Waals surface area contributed by atoms with Crippen LogP contribution in [-0.4, -0.2) is 16.8 Å². The molecule has 4 nitrogen and oxygen atoms in total. The zero-order valence-corrected chi connectivity index (χ0v) is 9.23. The molecule has 0 unspecified atom stereocenters. The van der Waals surface area contributed by atoms with Crippen LogP contribution >= 0.6 is 0 Å². The van der Waals surface area contributed by atoms with Crippen molar-refractivity contribution in [3.05, 3.63) is 41.6 Å². The molecule has 16 heavy (non-hydrogen) atoms. The van der Waals surface area contributed by atoms with E-state index in [2.05, 4.69) is 16.3 Å². The highest BCUT2D eigenvalue weighted by Gasteiger charge is 2.03. The highest BCUT2D eigenvalue weighted by molar-refractivity contribution is 5.41. The summed E-state index contributed by atoms with van der Waals surface area (Å²) in [5.41, 5.74) is 7.91. The molecule has 1 aromatic carbocycles. The van der Waals surface area contributed by atoms with Gasteiger partial charge in [0.25, 0.3) is 0 Å². The van der Waals surface area contributed by atoms with E-state index in [1.807, 2.05) is 25.1 Å². The predicted octanol–water partition coefficient (Wildman–Crippen LogP) is 1.98. The van der Waals surface area contributed by atoms with Crippen LogP contribution in [-0.2, 0) is 6.42 Å². The number of nitrogens with one attached hydrogen (secondary N) is 1. The lowest BCUT2D eigenvalue weighted by atomic mass is 10.1. The standard InChI is InChI=1S/C12H15N3O/c1-2-16-11-5-3-4-9(7-11)6-10-8-14-15-12(10)13/h3-5,7-8H,2,6H2,1H3,(H3,13,14,15). The Morgan fingerprint density at radius 3 is 3.00 bits per heavy atom. The van der Waals surface area contributed by atoms with Crippen molar-refractivity contribution in [2.24, 2.45) is 0 Å². The number of nitrogens with two attached hydrogens (primary N) is 1. The third kappa shape index (κ3) is 2.34. The molecule has 0 aliphatic carbocycles. The molecule has 3 N–H and O–H groups in total. The van der Waals surface area contributed by atoms with Gasteiger partial charge in [-0.1, -0.05) is 12.1 Å². The van der Waals surface area contributed by atoms with Gasteiger partial charge in [0, 0.05) is 12.0 Å². The van der Waals surface area contributed by atoms with Crippen LogP contribution in [0, 0.1) is 0 Å². The minimum absolute atomic E-state index is 0.627. The average molecular weight is 217 g/mol. The van der Waals surface area contributed by atoms with Crippen molar-refractivity contribution < 1.29 is 4.74 Å². The molecule has 0 spiro atoms. The second kappa shape index (κ2) is 4.70. The first kappa shape index (κ1) is 10.5. The average Bonchev–Trinajstić information content (AvgIpc) is 2.66. The second-order valence-corrected chi connectivity index (χ2v) is 3.57. The molecule has 1 heterocycles. The van der Waals surface area contributed by atoms with Crippen molar-refractivity contribution >= 4 is 5.82 Å². The van der Waals surface area contributed by atoms with Gasteiger partial charge >= 0.3 is 0 Å². The van der Waals surface area contributed by atoms with E-state index in [-0.39, 0.29) is 0 Å². The summed E-state index contributed by atoms with van der Waals surface area (Å²) in [6, 6.07) is 8.01. The number of nitrogens with zero attached hydrogens (tertiary/aromatic N) is 1. The van der Waals surface area contributed by atoms with E-state index in [0.717, 1.165) is 17.7 Å². The van der Waals surface area contributed by atoms with Crippen molar-refractivity contribution in [1.82, 2.24) is 10.2 Å². The van der Waals surface area contributed by atoms with Gasteiger partial charge in [0.2, 0.25) is 0 Å². The van der Waals surface area contributed by atoms with Crippen molar-refractivity contribution in [1.29, 1.82) is 0 Å². The Morgan fingerprint density at radius 1 is 1.44 bits per heavy atom. The Hall–Kier alpha value is -1.97. The number of hydrogen-bond donors (Lipinski definition) is 2. The smallest absolute Gasteiger partial charge is 0.122 e. The Labute approximate surface area is 94.4 Å². The number of rotatable bonds is 4. The fourth-order valence-electron chi connectivity index (χ4n) is 1.59. The van der Waals surface area contributed by atoms with Gasteiger partial charge in [-0.15, -0.1) is 0 Å². The van der Waals surface area contributed by atoms with Crippen molar-refractivity contribution in [2.45, 2.75) is 13.3 Å². The molecule has 0 aliphatic heterocycles. The number of benzene rings is 1. The number of hydrogen-bond acceptors (Lipinski definition) is 3. The second-order valence-electron chi connectivity index (χ2n) is 3.57.